The summed E-state index contributed by atoms with van der Waals surface area (Å²) in [6.07, 6.45) is 1.47. The Morgan fingerprint density at radius 2 is 2.03 bits per heavy atom. The van der Waals surface area contributed by atoms with Crippen molar-refractivity contribution < 1.29 is 19.0 Å². The van der Waals surface area contributed by atoms with Gasteiger partial charge in [-0.2, -0.15) is 9.97 Å². The monoisotopic (exact) mass is 452 g/mol. The van der Waals surface area contributed by atoms with Gasteiger partial charge in [0.2, 0.25) is 5.88 Å². The van der Waals surface area contributed by atoms with Crippen molar-refractivity contribution in [3.8, 4) is 40.3 Å². The molecule has 10 heteroatoms. The zero-order valence-electron chi connectivity index (χ0n) is 18.6. The largest absolute Gasteiger partial charge is 0.507 e. The summed E-state index contributed by atoms with van der Waals surface area (Å²) in [7, 11) is 3.44. The van der Waals surface area contributed by atoms with Gasteiger partial charge in [-0.3, -0.25) is 4.90 Å². The van der Waals surface area contributed by atoms with Crippen molar-refractivity contribution in [2.45, 2.75) is 37.6 Å². The summed E-state index contributed by atoms with van der Waals surface area (Å²) in [5.41, 5.74) is 1.05. The minimum absolute atomic E-state index is 0.000720. The van der Waals surface area contributed by atoms with Crippen LogP contribution in [0, 0.1) is 5.92 Å². The lowest BCUT2D eigenvalue weighted by Gasteiger charge is -2.56. The van der Waals surface area contributed by atoms with Gasteiger partial charge in [-0.05, 0) is 45.0 Å². The van der Waals surface area contributed by atoms with E-state index in [1.54, 1.807) is 30.3 Å². The number of fused-ring (bicyclic) bond motifs is 3. The number of methoxy groups -OCH3 is 1. The molecule has 1 aromatic carbocycles. The minimum Gasteiger partial charge on any atom is -0.507 e. The lowest BCUT2D eigenvalue weighted by Crippen LogP contribution is -2.68. The molecule has 0 radical (unpaired) electrons. The number of hydrogen-bond donors (Lipinski definition) is 1. The van der Waals surface area contributed by atoms with Crippen LogP contribution in [0.1, 0.15) is 19.8 Å². The molecule has 2 aromatic heterocycles. The lowest BCUT2D eigenvalue weighted by atomic mass is 9.68. The normalized spacial score (nSPS) is 26.8. The van der Waals surface area contributed by atoms with E-state index in [2.05, 4.69) is 30.0 Å². The summed E-state index contributed by atoms with van der Waals surface area (Å²) < 4.78 is 26.2. The molecular formula is C23H25FN6O3. The molecule has 9 nitrogen and oxygen atoms in total. The van der Waals surface area contributed by atoms with Crippen LogP contribution in [0.3, 0.4) is 0 Å². The second kappa shape index (κ2) is 8.18. The topological polar surface area (TPSA) is 106 Å². The highest BCUT2D eigenvalue weighted by Gasteiger charge is 2.55. The molecule has 2 saturated heterocycles. The van der Waals surface area contributed by atoms with E-state index in [0.717, 1.165) is 19.4 Å². The van der Waals surface area contributed by atoms with E-state index in [0.29, 0.717) is 22.6 Å². The number of nitrogens with zero attached hydrogens (tertiary/aromatic N) is 6. The van der Waals surface area contributed by atoms with Gasteiger partial charge in [0.15, 0.2) is 12.0 Å². The molecule has 1 unspecified atom stereocenters. The van der Waals surface area contributed by atoms with Crippen molar-refractivity contribution in [2.75, 3.05) is 20.7 Å². The van der Waals surface area contributed by atoms with Gasteiger partial charge in [0.05, 0.1) is 18.3 Å². The fourth-order valence-corrected chi connectivity index (χ4v) is 4.76. The molecule has 3 aromatic rings. The molecule has 2 bridgehead atoms. The van der Waals surface area contributed by atoms with Crippen molar-refractivity contribution >= 4 is 0 Å². The van der Waals surface area contributed by atoms with Gasteiger partial charge < -0.3 is 14.6 Å². The minimum atomic E-state index is -1.10. The lowest BCUT2D eigenvalue weighted by molar-refractivity contribution is -0.136. The summed E-state index contributed by atoms with van der Waals surface area (Å²) in [4.78, 5) is 14.3. The Morgan fingerprint density at radius 1 is 1.18 bits per heavy atom. The van der Waals surface area contributed by atoms with Gasteiger partial charge in [-0.25, -0.2) is 9.37 Å². The summed E-state index contributed by atoms with van der Waals surface area (Å²) in [6, 6.07) is 8.56. The Labute approximate surface area is 190 Å². The van der Waals surface area contributed by atoms with Crippen LogP contribution >= 0.6 is 0 Å². The van der Waals surface area contributed by atoms with Crippen molar-refractivity contribution in [3.05, 3.63) is 36.7 Å². The fraction of sp³-hybridized carbons (Fsp3) is 0.435. The Morgan fingerprint density at radius 3 is 2.73 bits per heavy atom. The number of hydrogen-bond acceptors (Lipinski definition) is 9. The van der Waals surface area contributed by atoms with Gasteiger partial charge in [0.1, 0.15) is 18.2 Å². The highest BCUT2D eigenvalue weighted by molar-refractivity contribution is 5.71. The molecule has 1 saturated carbocycles. The first kappa shape index (κ1) is 21.4. The summed E-state index contributed by atoms with van der Waals surface area (Å²) in [5, 5.41) is 18.9. The smallest absolute Gasteiger partial charge is 0.319 e. The molecule has 4 atom stereocenters. The number of aromatic hydroxyl groups is 1. The molecule has 1 aliphatic carbocycles. The Hall–Kier alpha value is -3.40. The predicted octanol–water partition coefficient (Wildman–Crippen LogP) is 2.91. The Kier molecular flexibility index (Phi) is 5.32. The average molecular weight is 452 g/mol. The van der Waals surface area contributed by atoms with E-state index in [4.69, 9.17) is 9.47 Å². The van der Waals surface area contributed by atoms with Crippen LogP contribution in [0.15, 0.2) is 36.7 Å². The highest BCUT2D eigenvalue weighted by atomic mass is 19.1. The quantitative estimate of drug-likeness (QED) is 0.625. The summed E-state index contributed by atoms with van der Waals surface area (Å²) in [5.74, 6) is 0.775. The first-order chi connectivity index (χ1) is 15.9. The van der Waals surface area contributed by atoms with Crippen molar-refractivity contribution in [3.63, 3.8) is 0 Å². The number of benzene rings is 1. The molecule has 3 fully saturated rings. The second-order valence-electron chi connectivity index (χ2n) is 8.81. The number of phenols is 1. The molecule has 0 amide bonds. The molecular weight excluding hydrogens is 427 g/mol. The van der Waals surface area contributed by atoms with Crippen LogP contribution in [-0.4, -0.2) is 73.7 Å². The predicted molar refractivity (Wildman–Crippen MR) is 118 cm³/mol. The first-order valence-electron chi connectivity index (χ1n) is 10.8. The number of phenolic OH excluding ortho intramolecular Hbond substituents is 1. The maximum absolute atomic E-state index is 15.2. The Bertz CT molecular complexity index is 1160. The van der Waals surface area contributed by atoms with E-state index in [-0.39, 0.29) is 23.6 Å². The molecule has 4 heterocycles. The van der Waals surface area contributed by atoms with Crippen LogP contribution in [0.4, 0.5) is 4.39 Å². The third kappa shape index (κ3) is 3.74. The average Bonchev–Trinajstić information content (AvgIpc) is 2.83. The molecule has 0 spiro atoms. The van der Waals surface area contributed by atoms with Crippen LogP contribution in [0.5, 0.6) is 17.6 Å². The molecule has 33 heavy (non-hydrogen) atoms. The second-order valence-corrected chi connectivity index (χ2v) is 8.81. The van der Waals surface area contributed by atoms with Crippen molar-refractivity contribution in [2.24, 2.45) is 5.92 Å². The number of alkyl halides is 1. The van der Waals surface area contributed by atoms with Crippen LogP contribution in [0.25, 0.3) is 22.6 Å². The third-order valence-electron chi connectivity index (χ3n) is 6.91. The number of piperidine rings is 2. The zero-order chi connectivity index (χ0) is 23.2. The molecule has 6 rings (SSSR count). The summed E-state index contributed by atoms with van der Waals surface area (Å²) >= 11 is 0. The maximum Gasteiger partial charge on any atom is 0.319 e. The van der Waals surface area contributed by atoms with E-state index in [9.17, 15) is 5.11 Å². The van der Waals surface area contributed by atoms with Gasteiger partial charge in [0.25, 0.3) is 0 Å². The van der Waals surface area contributed by atoms with E-state index >= 15 is 4.39 Å². The standard InChI is InChI=1S/C23H25FN6O3/c1-23-9-8-14(11-30(23)2)19(20(23)24)33-18-7-6-16(28-29-18)15-5-4-13(10-17(15)31)21-25-12-26-22(27-21)32-3/h4-7,10,12,14,19-20,31H,8-9,11H2,1-3H3/t14?,19-,20-,23-/m0/s1. The fourth-order valence-electron chi connectivity index (χ4n) is 4.76. The van der Waals surface area contributed by atoms with E-state index in [1.165, 1.54) is 13.4 Å². The van der Waals surface area contributed by atoms with Gasteiger partial charge in [0, 0.05) is 29.7 Å². The number of aromatic nitrogens is 5. The maximum atomic E-state index is 15.2. The number of rotatable bonds is 5. The van der Waals surface area contributed by atoms with Gasteiger partial charge in [-0.15, -0.1) is 10.2 Å². The highest BCUT2D eigenvalue weighted by Crippen LogP contribution is 2.45. The first-order valence-corrected chi connectivity index (χ1v) is 10.8. The molecule has 1 N–H and O–H groups in total. The number of halogens is 1. The molecule has 3 aliphatic rings. The van der Waals surface area contributed by atoms with Crippen LogP contribution in [0.2, 0.25) is 0 Å². The summed E-state index contributed by atoms with van der Waals surface area (Å²) in [6.45, 7) is 2.76. The number of ether oxygens (including phenoxy) is 2. The van der Waals surface area contributed by atoms with Crippen molar-refractivity contribution in [1.82, 2.24) is 30.0 Å². The third-order valence-corrected chi connectivity index (χ3v) is 6.91. The zero-order valence-corrected chi connectivity index (χ0v) is 18.6. The molecule has 172 valence electrons. The van der Waals surface area contributed by atoms with Crippen LogP contribution < -0.4 is 9.47 Å². The van der Waals surface area contributed by atoms with Crippen LogP contribution in [-0.2, 0) is 0 Å². The van der Waals surface area contributed by atoms with E-state index < -0.39 is 17.8 Å². The van der Waals surface area contributed by atoms with Gasteiger partial charge in [-0.1, -0.05) is 6.07 Å². The van der Waals surface area contributed by atoms with E-state index in [1.807, 2.05) is 14.0 Å². The van der Waals surface area contributed by atoms with Crippen molar-refractivity contribution in [1.29, 1.82) is 0 Å². The van der Waals surface area contributed by atoms with Gasteiger partial charge >= 0.3 is 6.01 Å². The SMILES string of the molecule is COc1ncnc(-c2ccc(-c3ccc(O[C@H]4C5CC[C@@](C)([C@H]4F)N(C)C5)nn3)c(O)c2)n1. The Balaban J connectivity index is 1.34. The molecule has 2 aliphatic heterocycles.